The Bertz CT molecular complexity index is 242. The number of carboxylic acid groups (broad SMARTS) is 2. The third-order valence-corrected chi connectivity index (χ3v) is 3.11. The average molecular weight is 248 g/mol. The van der Waals surface area contributed by atoms with Crippen molar-refractivity contribution < 1.29 is 19.8 Å². The van der Waals surface area contributed by atoms with E-state index < -0.39 is 23.1 Å². The molecule has 0 amide bonds. The van der Waals surface area contributed by atoms with Crippen molar-refractivity contribution in [1.82, 2.24) is 0 Å². The van der Waals surface area contributed by atoms with Crippen molar-refractivity contribution >= 4 is 24.6 Å². The first kappa shape index (κ1) is 15.3. The minimum atomic E-state index is -1.42. The van der Waals surface area contributed by atoms with Gasteiger partial charge in [-0.15, -0.1) is 0 Å². The highest BCUT2D eigenvalue weighted by Crippen LogP contribution is 2.27. The Kier molecular flexibility index (Phi) is 7.21. The fourth-order valence-corrected chi connectivity index (χ4v) is 1.84. The Labute approximate surface area is 101 Å². The molecule has 0 bridgehead atoms. The van der Waals surface area contributed by atoms with E-state index >= 15 is 0 Å². The first-order chi connectivity index (χ1) is 7.42. The van der Waals surface area contributed by atoms with Crippen molar-refractivity contribution in [3.63, 3.8) is 0 Å². The van der Waals surface area contributed by atoms with Crippen molar-refractivity contribution in [2.24, 2.45) is 0 Å². The van der Waals surface area contributed by atoms with Crippen molar-refractivity contribution in [3.8, 4) is 0 Å². The molecule has 0 aliphatic carbocycles. The molecule has 0 aliphatic rings. The Hall–Kier alpha value is -0.710. The molecule has 0 aromatic rings. The topological polar surface area (TPSA) is 74.6 Å². The molecule has 5 heteroatoms. The van der Waals surface area contributed by atoms with Gasteiger partial charge in [-0.25, -0.2) is 0 Å². The maximum Gasteiger partial charge on any atom is 0.320 e. The van der Waals surface area contributed by atoms with Gasteiger partial charge in [0, 0.05) is 0 Å². The molecule has 0 radical (unpaired) electrons. The lowest BCUT2D eigenvalue weighted by Crippen LogP contribution is -2.35. The molecule has 2 N–H and O–H groups in total. The first-order valence-corrected chi connectivity index (χ1v) is 6.04. The zero-order chi connectivity index (χ0) is 12.6. The average Bonchev–Trinajstić information content (AvgIpc) is 2.16. The van der Waals surface area contributed by atoms with Gasteiger partial charge in [0.2, 0.25) is 0 Å². The summed E-state index contributed by atoms with van der Waals surface area (Å²) in [6.07, 6.45) is 4.84. The van der Waals surface area contributed by atoms with E-state index in [1.807, 2.05) is 0 Å². The van der Waals surface area contributed by atoms with Gasteiger partial charge in [0.25, 0.3) is 0 Å². The largest absolute Gasteiger partial charge is 0.481 e. The van der Waals surface area contributed by atoms with E-state index in [9.17, 15) is 9.59 Å². The van der Waals surface area contributed by atoms with Crippen LogP contribution in [0.4, 0.5) is 0 Å². The Morgan fingerprint density at radius 1 is 1.12 bits per heavy atom. The maximum absolute atomic E-state index is 10.9. The second-order valence-corrected chi connectivity index (χ2v) is 4.93. The summed E-state index contributed by atoms with van der Waals surface area (Å²) in [5, 5.41) is 17.6. The minimum Gasteiger partial charge on any atom is -0.481 e. The lowest BCUT2D eigenvalue weighted by molar-refractivity contribution is -0.146. The smallest absolute Gasteiger partial charge is 0.320 e. The monoisotopic (exact) mass is 248 g/mol. The van der Waals surface area contributed by atoms with Crippen molar-refractivity contribution in [1.29, 1.82) is 0 Å². The fourth-order valence-electron chi connectivity index (χ4n) is 1.54. The number of aliphatic carboxylic acids is 2. The van der Waals surface area contributed by atoms with Crippen LogP contribution < -0.4 is 0 Å². The summed E-state index contributed by atoms with van der Waals surface area (Å²) in [5.74, 6) is -2.26. The molecule has 0 rings (SSSR count). The van der Waals surface area contributed by atoms with Crippen LogP contribution in [0.1, 0.15) is 51.9 Å². The van der Waals surface area contributed by atoms with Gasteiger partial charge in [0.15, 0.2) is 0 Å². The van der Waals surface area contributed by atoms with Crippen LogP contribution in [-0.4, -0.2) is 26.9 Å². The molecule has 1 unspecified atom stereocenters. The van der Waals surface area contributed by atoms with Crippen LogP contribution in [0.5, 0.6) is 0 Å². The van der Waals surface area contributed by atoms with E-state index in [0.29, 0.717) is 12.8 Å². The molecule has 0 spiro atoms. The van der Waals surface area contributed by atoms with Crippen LogP contribution in [-0.2, 0) is 9.59 Å². The predicted octanol–water partition coefficient (Wildman–Crippen LogP) is 2.57. The molecule has 4 nitrogen and oxygen atoms in total. The summed E-state index contributed by atoms with van der Waals surface area (Å²) in [6.45, 7) is 2.10. The molecule has 1 atom stereocenters. The fraction of sp³-hybridized carbons (Fsp3) is 0.818. The highest BCUT2D eigenvalue weighted by molar-refractivity contribution is 7.82. The summed E-state index contributed by atoms with van der Waals surface area (Å²) in [7, 11) is 0. The molecule has 0 aromatic carbocycles. The van der Waals surface area contributed by atoms with Crippen LogP contribution in [0, 0.1) is 0 Å². The number of rotatable bonds is 9. The van der Waals surface area contributed by atoms with Gasteiger partial charge in [-0.1, -0.05) is 39.0 Å². The van der Waals surface area contributed by atoms with Gasteiger partial charge in [0.1, 0.15) is 4.75 Å². The first-order valence-electron chi connectivity index (χ1n) is 5.60. The Morgan fingerprint density at radius 3 is 2.12 bits per heavy atom. The third-order valence-electron chi connectivity index (χ3n) is 2.54. The molecule has 0 aliphatic heterocycles. The summed E-state index contributed by atoms with van der Waals surface area (Å²) in [6, 6.07) is 0. The van der Waals surface area contributed by atoms with Gasteiger partial charge in [-0.3, -0.25) is 9.59 Å². The molecular formula is C11H20O4S. The second kappa shape index (κ2) is 7.54. The predicted molar refractivity (Wildman–Crippen MR) is 65.0 cm³/mol. The van der Waals surface area contributed by atoms with E-state index in [0.717, 1.165) is 25.7 Å². The summed E-state index contributed by atoms with van der Waals surface area (Å²) in [5.41, 5.74) is 0. The Balaban J connectivity index is 4.03. The van der Waals surface area contributed by atoms with Crippen LogP contribution in [0.25, 0.3) is 0 Å². The lowest BCUT2D eigenvalue weighted by atomic mass is 9.96. The van der Waals surface area contributed by atoms with E-state index in [-0.39, 0.29) is 0 Å². The summed E-state index contributed by atoms with van der Waals surface area (Å²) < 4.78 is -1.42. The van der Waals surface area contributed by atoms with E-state index in [1.165, 1.54) is 0 Å². The van der Waals surface area contributed by atoms with Crippen LogP contribution in [0.3, 0.4) is 0 Å². The number of hydrogen-bond donors (Lipinski definition) is 3. The Morgan fingerprint density at radius 2 is 1.69 bits per heavy atom. The number of unbranched alkanes of at least 4 members (excludes halogenated alkanes) is 4. The van der Waals surface area contributed by atoms with Crippen LogP contribution in [0.15, 0.2) is 0 Å². The van der Waals surface area contributed by atoms with Gasteiger partial charge in [0.05, 0.1) is 6.42 Å². The van der Waals surface area contributed by atoms with Gasteiger partial charge < -0.3 is 10.2 Å². The zero-order valence-electron chi connectivity index (χ0n) is 9.61. The lowest BCUT2D eigenvalue weighted by Gasteiger charge is -2.21. The van der Waals surface area contributed by atoms with Gasteiger partial charge >= 0.3 is 11.9 Å². The molecule has 0 fully saturated rings. The SMILES string of the molecule is CCCCCCCC(S)(CC(=O)O)C(=O)O. The maximum atomic E-state index is 10.9. The normalized spacial score (nSPS) is 14.4. The molecule has 16 heavy (non-hydrogen) atoms. The highest BCUT2D eigenvalue weighted by Gasteiger charge is 2.36. The second-order valence-electron chi connectivity index (χ2n) is 4.07. The molecule has 94 valence electrons. The number of thiol groups is 1. The molecule has 0 heterocycles. The number of hydrogen-bond acceptors (Lipinski definition) is 3. The minimum absolute atomic E-state index is 0.307. The van der Waals surface area contributed by atoms with Crippen molar-refractivity contribution in [2.75, 3.05) is 0 Å². The quantitative estimate of drug-likeness (QED) is 0.433. The van der Waals surface area contributed by atoms with E-state index in [2.05, 4.69) is 19.6 Å². The van der Waals surface area contributed by atoms with Gasteiger partial charge in [-0.05, 0) is 6.42 Å². The highest BCUT2D eigenvalue weighted by atomic mass is 32.1. The number of carbonyl (C=O) groups is 2. The van der Waals surface area contributed by atoms with Crippen molar-refractivity contribution in [2.45, 2.75) is 56.6 Å². The van der Waals surface area contributed by atoms with Crippen LogP contribution in [0.2, 0.25) is 0 Å². The van der Waals surface area contributed by atoms with E-state index in [1.54, 1.807) is 0 Å². The zero-order valence-corrected chi connectivity index (χ0v) is 10.5. The summed E-state index contributed by atoms with van der Waals surface area (Å²) >= 11 is 4.00. The van der Waals surface area contributed by atoms with Crippen LogP contribution >= 0.6 is 12.6 Å². The number of carboxylic acids is 2. The molecule has 0 saturated carbocycles. The van der Waals surface area contributed by atoms with E-state index in [4.69, 9.17) is 10.2 Å². The molecular weight excluding hydrogens is 228 g/mol. The molecule has 0 aromatic heterocycles. The third kappa shape index (κ3) is 6.00. The molecule has 0 saturated heterocycles. The van der Waals surface area contributed by atoms with Gasteiger partial charge in [-0.2, -0.15) is 12.6 Å². The summed E-state index contributed by atoms with van der Waals surface area (Å²) in [4.78, 5) is 21.5. The standard InChI is InChI=1S/C11H20O4S/c1-2-3-4-5-6-7-11(16,10(14)15)8-9(12)13/h16H,2-8H2,1H3,(H,12,13)(H,14,15). The van der Waals surface area contributed by atoms with Crippen molar-refractivity contribution in [3.05, 3.63) is 0 Å².